The topological polar surface area (TPSA) is 55.8 Å². The van der Waals surface area contributed by atoms with E-state index < -0.39 is 0 Å². The van der Waals surface area contributed by atoms with Crippen LogP contribution in [0.2, 0.25) is 5.02 Å². The average Bonchev–Trinajstić information content (AvgIpc) is 2.25. The van der Waals surface area contributed by atoms with Crippen LogP contribution in [0.4, 0.5) is 0 Å². The first-order valence-electron chi connectivity index (χ1n) is 5.76. The number of unbranched alkanes of at least 4 members (excludes halogenated alkanes) is 1. The van der Waals surface area contributed by atoms with Crippen LogP contribution in [0.15, 0.2) is 12.1 Å². The quantitative estimate of drug-likeness (QED) is 0.639. The molecular formula is C13H17ClO4. The largest absolute Gasteiger partial charge is 0.508 e. The molecule has 1 N–H and O–H groups in total. The first-order valence-corrected chi connectivity index (χ1v) is 6.13. The molecule has 0 radical (unpaired) electrons. The standard InChI is InChI=1S/C13H17ClO4/c1-9-7-11(16)8-12(14)13(9)18-6-4-3-5-17-10(2)15/h7-8,16H,3-6H2,1-2H3. The van der Waals surface area contributed by atoms with E-state index in [0.717, 1.165) is 18.4 Å². The van der Waals surface area contributed by atoms with Crippen LogP contribution in [0.3, 0.4) is 0 Å². The molecule has 1 rings (SSSR count). The molecule has 0 saturated heterocycles. The fourth-order valence-corrected chi connectivity index (χ4v) is 1.81. The summed E-state index contributed by atoms with van der Waals surface area (Å²) in [5.74, 6) is 0.440. The van der Waals surface area contributed by atoms with Crippen LogP contribution >= 0.6 is 11.6 Å². The Bertz CT molecular complexity index is 394. The van der Waals surface area contributed by atoms with Crippen LogP contribution in [-0.4, -0.2) is 24.3 Å². The van der Waals surface area contributed by atoms with Gasteiger partial charge in [0.1, 0.15) is 11.5 Å². The normalized spacial score (nSPS) is 10.2. The summed E-state index contributed by atoms with van der Waals surface area (Å²) in [6.07, 6.45) is 1.51. The number of benzene rings is 1. The predicted octanol–water partition coefficient (Wildman–Crippen LogP) is 3.08. The summed E-state index contributed by atoms with van der Waals surface area (Å²) in [7, 11) is 0. The van der Waals surface area contributed by atoms with Crippen molar-refractivity contribution < 1.29 is 19.4 Å². The van der Waals surface area contributed by atoms with E-state index in [9.17, 15) is 9.90 Å². The number of aryl methyl sites for hydroxylation is 1. The highest BCUT2D eigenvalue weighted by Crippen LogP contribution is 2.32. The number of rotatable bonds is 6. The lowest BCUT2D eigenvalue weighted by Gasteiger charge is -2.11. The third-order valence-corrected chi connectivity index (χ3v) is 2.59. The number of halogens is 1. The lowest BCUT2D eigenvalue weighted by atomic mass is 10.2. The van der Waals surface area contributed by atoms with Crippen LogP contribution in [-0.2, 0) is 9.53 Å². The number of hydrogen-bond acceptors (Lipinski definition) is 4. The van der Waals surface area contributed by atoms with Gasteiger partial charge in [0, 0.05) is 13.0 Å². The van der Waals surface area contributed by atoms with Crippen molar-refractivity contribution in [3.63, 3.8) is 0 Å². The minimum Gasteiger partial charge on any atom is -0.508 e. The molecule has 0 fully saturated rings. The number of carbonyl (C=O) groups is 1. The van der Waals surface area contributed by atoms with Gasteiger partial charge in [-0.3, -0.25) is 4.79 Å². The zero-order valence-corrected chi connectivity index (χ0v) is 11.3. The summed E-state index contributed by atoms with van der Waals surface area (Å²) in [6, 6.07) is 3.04. The Hall–Kier alpha value is -1.42. The summed E-state index contributed by atoms with van der Waals surface area (Å²) >= 11 is 5.96. The molecule has 0 amide bonds. The highest BCUT2D eigenvalue weighted by Gasteiger charge is 2.07. The zero-order chi connectivity index (χ0) is 13.5. The van der Waals surface area contributed by atoms with Crippen molar-refractivity contribution in [3.05, 3.63) is 22.7 Å². The first kappa shape index (κ1) is 14.6. The van der Waals surface area contributed by atoms with E-state index in [0.29, 0.717) is 24.0 Å². The third kappa shape index (κ3) is 4.84. The van der Waals surface area contributed by atoms with Gasteiger partial charge in [-0.15, -0.1) is 0 Å². The Morgan fingerprint density at radius 3 is 2.61 bits per heavy atom. The van der Waals surface area contributed by atoms with Gasteiger partial charge in [-0.05, 0) is 31.4 Å². The summed E-state index contributed by atoms with van der Waals surface area (Å²) in [5, 5.41) is 9.72. The number of aromatic hydroxyl groups is 1. The molecule has 0 atom stereocenters. The van der Waals surface area contributed by atoms with Gasteiger partial charge in [-0.2, -0.15) is 0 Å². The van der Waals surface area contributed by atoms with Crippen molar-refractivity contribution >= 4 is 17.6 Å². The van der Waals surface area contributed by atoms with Gasteiger partial charge in [0.2, 0.25) is 0 Å². The van der Waals surface area contributed by atoms with Crippen molar-refractivity contribution in [2.75, 3.05) is 13.2 Å². The van der Waals surface area contributed by atoms with Crippen molar-refractivity contribution in [1.29, 1.82) is 0 Å². The lowest BCUT2D eigenvalue weighted by molar-refractivity contribution is -0.141. The maximum atomic E-state index is 10.5. The maximum Gasteiger partial charge on any atom is 0.302 e. The highest BCUT2D eigenvalue weighted by atomic mass is 35.5. The highest BCUT2D eigenvalue weighted by molar-refractivity contribution is 6.32. The Morgan fingerprint density at radius 1 is 1.33 bits per heavy atom. The van der Waals surface area contributed by atoms with Gasteiger partial charge >= 0.3 is 5.97 Å². The molecule has 0 aliphatic carbocycles. The number of phenols is 1. The van der Waals surface area contributed by atoms with Gasteiger partial charge in [-0.1, -0.05) is 11.6 Å². The van der Waals surface area contributed by atoms with E-state index >= 15 is 0 Å². The van der Waals surface area contributed by atoms with E-state index in [1.54, 1.807) is 6.07 Å². The van der Waals surface area contributed by atoms with Crippen LogP contribution in [0.1, 0.15) is 25.3 Å². The summed E-state index contributed by atoms with van der Waals surface area (Å²) in [5.41, 5.74) is 0.792. The molecule has 0 aliphatic rings. The van der Waals surface area contributed by atoms with E-state index in [1.165, 1.54) is 13.0 Å². The summed E-state index contributed by atoms with van der Waals surface area (Å²) in [4.78, 5) is 10.5. The van der Waals surface area contributed by atoms with Crippen molar-refractivity contribution in [3.8, 4) is 11.5 Å². The number of ether oxygens (including phenoxy) is 2. The second-order valence-electron chi connectivity index (χ2n) is 3.97. The van der Waals surface area contributed by atoms with E-state index in [4.69, 9.17) is 21.1 Å². The second kappa shape index (κ2) is 7.11. The molecule has 0 unspecified atom stereocenters. The maximum absolute atomic E-state index is 10.5. The van der Waals surface area contributed by atoms with Gasteiger partial charge in [0.15, 0.2) is 0 Å². The Balaban J connectivity index is 2.33. The molecule has 1 aromatic carbocycles. The van der Waals surface area contributed by atoms with Gasteiger partial charge in [0.05, 0.1) is 18.2 Å². The Kier molecular flexibility index (Phi) is 5.78. The Morgan fingerprint density at radius 2 is 2.00 bits per heavy atom. The van der Waals surface area contributed by atoms with Crippen molar-refractivity contribution in [2.24, 2.45) is 0 Å². The predicted molar refractivity (Wildman–Crippen MR) is 69.2 cm³/mol. The third-order valence-electron chi connectivity index (χ3n) is 2.30. The molecule has 0 heterocycles. The summed E-state index contributed by atoms with van der Waals surface area (Å²) < 4.78 is 10.3. The lowest BCUT2D eigenvalue weighted by Crippen LogP contribution is -2.04. The zero-order valence-electron chi connectivity index (χ0n) is 10.5. The monoisotopic (exact) mass is 272 g/mol. The molecule has 5 heteroatoms. The van der Waals surface area contributed by atoms with E-state index in [-0.39, 0.29) is 11.7 Å². The molecule has 0 aliphatic heterocycles. The van der Waals surface area contributed by atoms with Crippen LogP contribution in [0.5, 0.6) is 11.5 Å². The van der Waals surface area contributed by atoms with Crippen molar-refractivity contribution in [1.82, 2.24) is 0 Å². The van der Waals surface area contributed by atoms with Gasteiger partial charge < -0.3 is 14.6 Å². The van der Waals surface area contributed by atoms with Gasteiger partial charge in [-0.25, -0.2) is 0 Å². The number of esters is 1. The van der Waals surface area contributed by atoms with Crippen LogP contribution in [0, 0.1) is 6.92 Å². The molecule has 0 spiro atoms. The first-order chi connectivity index (χ1) is 8.50. The number of hydrogen-bond donors (Lipinski definition) is 1. The van der Waals surface area contributed by atoms with Gasteiger partial charge in [0.25, 0.3) is 0 Å². The molecular weight excluding hydrogens is 256 g/mol. The van der Waals surface area contributed by atoms with E-state index in [2.05, 4.69) is 0 Å². The molecule has 100 valence electrons. The fourth-order valence-electron chi connectivity index (χ4n) is 1.49. The second-order valence-corrected chi connectivity index (χ2v) is 4.38. The van der Waals surface area contributed by atoms with Crippen LogP contribution < -0.4 is 4.74 Å². The molecule has 0 aromatic heterocycles. The SMILES string of the molecule is CC(=O)OCCCCOc1c(C)cc(O)cc1Cl. The summed E-state index contributed by atoms with van der Waals surface area (Å²) in [6.45, 7) is 4.10. The minimum atomic E-state index is -0.270. The Labute approximate surface area is 111 Å². The average molecular weight is 273 g/mol. The number of phenolic OH excluding ortho intramolecular Hbond substituents is 1. The fraction of sp³-hybridized carbons (Fsp3) is 0.462. The van der Waals surface area contributed by atoms with Crippen LogP contribution in [0.25, 0.3) is 0 Å². The van der Waals surface area contributed by atoms with E-state index in [1.807, 2.05) is 6.92 Å². The van der Waals surface area contributed by atoms with Crippen molar-refractivity contribution in [2.45, 2.75) is 26.7 Å². The number of carbonyl (C=O) groups excluding carboxylic acids is 1. The molecule has 0 bridgehead atoms. The smallest absolute Gasteiger partial charge is 0.302 e. The molecule has 4 nitrogen and oxygen atoms in total. The molecule has 0 saturated carbocycles. The minimum absolute atomic E-state index is 0.125. The molecule has 18 heavy (non-hydrogen) atoms. The molecule has 1 aromatic rings.